The molecule has 0 radical (unpaired) electrons. The molecule has 0 aliphatic rings. The largest absolute Gasteiger partial charge is 0.221 e. The molecule has 60 valence electrons. The van der Waals surface area contributed by atoms with Gasteiger partial charge in [0.15, 0.2) is 0 Å². The van der Waals surface area contributed by atoms with E-state index < -0.39 is 0 Å². The van der Waals surface area contributed by atoms with Gasteiger partial charge in [0.05, 0.1) is 0 Å². The molecule has 0 aliphatic heterocycles. The Morgan fingerprint density at radius 3 is 3.09 bits per heavy atom. The van der Waals surface area contributed by atoms with Gasteiger partial charge in [-0.25, -0.2) is 4.98 Å². The van der Waals surface area contributed by atoms with Gasteiger partial charge in [0.2, 0.25) is 0 Å². The van der Waals surface area contributed by atoms with E-state index in [0.29, 0.717) is 5.92 Å². The first kappa shape index (κ1) is 7.91. The van der Waals surface area contributed by atoms with Crippen molar-refractivity contribution in [3.8, 4) is 0 Å². The van der Waals surface area contributed by atoms with E-state index >= 15 is 0 Å². The van der Waals surface area contributed by atoms with Crippen molar-refractivity contribution >= 4 is 6.21 Å². The zero-order valence-electron chi connectivity index (χ0n) is 6.81. The Morgan fingerprint density at radius 2 is 2.55 bits per heavy atom. The molecule has 4 heteroatoms. The zero-order chi connectivity index (χ0) is 8.10. The van der Waals surface area contributed by atoms with Crippen molar-refractivity contribution < 1.29 is 0 Å². The maximum atomic E-state index is 4.06. The number of hydrogen-bond donors (Lipinski definition) is 0. The Kier molecular flexibility index (Phi) is 2.77. The summed E-state index contributed by atoms with van der Waals surface area (Å²) in [6.07, 6.45) is 6.00. The fourth-order valence-electron chi connectivity index (χ4n) is 0.549. The molecule has 1 heterocycles. The minimum Gasteiger partial charge on any atom is -0.221 e. The average Bonchev–Trinajstić information content (AvgIpc) is 2.52. The third-order valence-corrected chi connectivity index (χ3v) is 1.49. The third-order valence-electron chi connectivity index (χ3n) is 1.49. The second-order valence-electron chi connectivity index (χ2n) is 2.47. The van der Waals surface area contributed by atoms with E-state index in [4.69, 9.17) is 0 Å². The molecule has 0 aromatic carbocycles. The summed E-state index contributed by atoms with van der Waals surface area (Å²) in [5, 5.41) is 7.89. The van der Waals surface area contributed by atoms with Gasteiger partial charge in [-0.1, -0.05) is 13.8 Å². The van der Waals surface area contributed by atoms with E-state index in [0.717, 1.165) is 6.42 Å². The standard InChI is InChI=1S/C7H12N4/c1-3-7(2)4-9-11-6-8-5-10-11/h4-7H,3H2,1-2H3/b9-4+. The maximum absolute atomic E-state index is 4.06. The van der Waals surface area contributed by atoms with Crippen LogP contribution < -0.4 is 0 Å². The molecule has 1 atom stereocenters. The molecule has 0 saturated heterocycles. The van der Waals surface area contributed by atoms with Crippen LogP contribution in [0.2, 0.25) is 0 Å². The van der Waals surface area contributed by atoms with E-state index in [2.05, 4.69) is 29.0 Å². The van der Waals surface area contributed by atoms with Gasteiger partial charge in [-0.3, -0.25) is 0 Å². The third kappa shape index (κ3) is 2.49. The monoisotopic (exact) mass is 152 g/mol. The van der Waals surface area contributed by atoms with Crippen molar-refractivity contribution in [1.82, 2.24) is 14.9 Å². The lowest BCUT2D eigenvalue weighted by Gasteiger charge is -1.96. The van der Waals surface area contributed by atoms with Gasteiger partial charge in [0.1, 0.15) is 12.7 Å². The molecule has 0 amide bonds. The van der Waals surface area contributed by atoms with Crippen molar-refractivity contribution in [2.24, 2.45) is 11.0 Å². The normalized spacial score (nSPS) is 14.0. The van der Waals surface area contributed by atoms with Crippen LogP contribution in [0.5, 0.6) is 0 Å². The van der Waals surface area contributed by atoms with Crippen LogP contribution in [-0.2, 0) is 0 Å². The summed E-state index contributed by atoms with van der Waals surface area (Å²) in [5.74, 6) is 0.499. The highest BCUT2D eigenvalue weighted by atomic mass is 15.5. The second-order valence-corrected chi connectivity index (χ2v) is 2.47. The quantitative estimate of drug-likeness (QED) is 0.610. The molecule has 0 N–H and O–H groups in total. The molecule has 0 saturated carbocycles. The van der Waals surface area contributed by atoms with Gasteiger partial charge >= 0.3 is 0 Å². The molecule has 0 fully saturated rings. The molecule has 1 rings (SSSR count). The Hall–Kier alpha value is -1.19. The Balaban J connectivity index is 2.48. The van der Waals surface area contributed by atoms with Crippen LogP contribution in [0.4, 0.5) is 0 Å². The summed E-state index contributed by atoms with van der Waals surface area (Å²) >= 11 is 0. The minimum absolute atomic E-state index is 0.499. The van der Waals surface area contributed by atoms with Crippen molar-refractivity contribution in [2.45, 2.75) is 20.3 Å². The van der Waals surface area contributed by atoms with Crippen LogP contribution in [-0.4, -0.2) is 21.1 Å². The highest BCUT2D eigenvalue weighted by Gasteiger charge is 1.91. The van der Waals surface area contributed by atoms with Crippen molar-refractivity contribution in [2.75, 3.05) is 0 Å². The summed E-state index contributed by atoms with van der Waals surface area (Å²) in [4.78, 5) is 5.21. The fourth-order valence-corrected chi connectivity index (χ4v) is 0.549. The molecular formula is C7H12N4. The summed E-state index contributed by atoms with van der Waals surface area (Å²) in [6, 6.07) is 0. The van der Waals surface area contributed by atoms with Crippen molar-refractivity contribution in [1.29, 1.82) is 0 Å². The number of rotatable bonds is 3. The van der Waals surface area contributed by atoms with E-state index in [1.165, 1.54) is 11.1 Å². The Morgan fingerprint density at radius 1 is 1.73 bits per heavy atom. The van der Waals surface area contributed by atoms with Crippen LogP contribution in [0.25, 0.3) is 0 Å². The van der Waals surface area contributed by atoms with E-state index in [1.807, 2.05) is 6.21 Å². The van der Waals surface area contributed by atoms with Crippen molar-refractivity contribution in [3.63, 3.8) is 0 Å². The molecular weight excluding hydrogens is 140 g/mol. The van der Waals surface area contributed by atoms with Gasteiger partial charge in [-0.2, -0.15) is 5.10 Å². The lowest BCUT2D eigenvalue weighted by molar-refractivity contribution is 0.703. The average molecular weight is 152 g/mol. The van der Waals surface area contributed by atoms with Gasteiger partial charge in [0, 0.05) is 6.21 Å². The fraction of sp³-hybridized carbons (Fsp3) is 0.571. The van der Waals surface area contributed by atoms with Crippen LogP contribution in [0, 0.1) is 5.92 Å². The lowest BCUT2D eigenvalue weighted by Crippen LogP contribution is -1.96. The maximum Gasteiger partial charge on any atom is 0.139 e. The van der Waals surface area contributed by atoms with Gasteiger partial charge in [-0.15, -0.1) is 9.89 Å². The topological polar surface area (TPSA) is 43.1 Å². The molecule has 1 unspecified atom stereocenters. The van der Waals surface area contributed by atoms with E-state index in [-0.39, 0.29) is 0 Å². The van der Waals surface area contributed by atoms with Gasteiger partial charge in [0.25, 0.3) is 0 Å². The van der Waals surface area contributed by atoms with Crippen LogP contribution in [0.3, 0.4) is 0 Å². The molecule has 4 nitrogen and oxygen atoms in total. The first-order valence-corrected chi connectivity index (χ1v) is 3.72. The first-order valence-electron chi connectivity index (χ1n) is 3.72. The van der Waals surface area contributed by atoms with Crippen molar-refractivity contribution in [3.05, 3.63) is 12.7 Å². The Labute approximate surface area is 65.9 Å². The predicted molar refractivity (Wildman–Crippen MR) is 43.4 cm³/mol. The summed E-state index contributed by atoms with van der Waals surface area (Å²) in [6.45, 7) is 4.23. The molecule has 1 aromatic heterocycles. The lowest BCUT2D eigenvalue weighted by atomic mass is 10.1. The van der Waals surface area contributed by atoms with Gasteiger partial charge < -0.3 is 0 Å². The van der Waals surface area contributed by atoms with Crippen LogP contribution in [0.1, 0.15) is 20.3 Å². The number of aromatic nitrogens is 3. The highest BCUT2D eigenvalue weighted by molar-refractivity contribution is 5.59. The molecule has 11 heavy (non-hydrogen) atoms. The molecule has 0 spiro atoms. The highest BCUT2D eigenvalue weighted by Crippen LogP contribution is 1.95. The number of hydrogen-bond acceptors (Lipinski definition) is 3. The Bertz CT molecular complexity index is 214. The summed E-state index contributed by atoms with van der Waals surface area (Å²) in [7, 11) is 0. The zero-order valence-corrected chi connectivity index (χ0v) is 6.81. The SMILES string of the molecule is CCC(C)/C=N/n1cncn1. The van der Waals surface area contributed by atoms with Crippen LogP contribution in [0.15, 0.2) is 17.8 Å². The molecule has 0 aliphatic carbocycles. The van der Waals surface area contributed by atoms with Crippen LogP contribution >= 0.6 is 0 Å². The van der Waals surface area contributed by atoms with Gasteiger partial charge in [-0.05, 0) is 12.3 Å². The van der Waals surface area contributed by atoms with E-state index in [9.17, 15) is 0 Å². The summed E-state index contributed by atoms with van der Waals surface area (Å²) in [5.41, 5.74) is 0. The summed E-state index contributed by atoms with van der Waals surface area (Å²) < 4.78 is 0. The van der Waals surface area contributed by atoms with E-state index in [1.54, 1.807) is 6.33 Å². The minimum atomic E-state index is 0.499. The predicted octanol–water partition coefficient (Wildman–Crippen LogP) is 1.16. The number of nitrogens with zero attached hydrogens (tertiary/aromatic N) is 4. The first-order chi connectivity index (χ1) is 5.33. The molecule has 1 aromatic rings. The second kappa shape index (κ2) is 3.85. The molecule has 0 bridgehead atoms. The smallest absolute Gasteiger partial charge is 0.139 e.